The van der Waals surface area contributed by atoms with Crippen molar-refractivity contribution in [2.75, 3.05) is 7.11 Å². The maximum Gasteiger partial charge on any atom is 0.128 e. The zero-order valence-corrected chi connectivity index (χ0v) is 11.6. The van der Waals surface area contributed by atoms with Crippen LogP contribution in [0.25, 0.3) is 20.8 Å². The van der Waals surface area contributed by atoms with E-state index in [-0.39, 0.29) is 5.75 Å². The summed E-state index contributed by atoms with van der Waals surface area (Å²) in [5.41, 5.74) is 1.53. The third kappa shape index (κ3) is 2.25. The molecule has 0 amide bonds. The van der Waals surface area contributed by atoms with Gasteiger partial charge in [0.2, 0.25) is 0 Å². The average molecular weight is 292 g/mol. The number of benzene rings is 2. The van der Waals surface area contributed by atoms with Crippen LogP contribution in [0.2, 0.25) is 5.02 Å². The van der Waals surface area contributed by atoms with Gasteiger partial charge in [0.25, 0.3) is 0 Å². The molecule has 0 radical (unpaired) electrons. The number of methoxy groups -OCH3 is 1. The van der Waals surface area contributed by atoms with Crippen LogP contribution >= 0.6 is 22.9 Å². The molecule has 0 bridgehead atoms. The number of aromatic nitrogens is 1. The number of phenolic OH excluding ortho intramolecular Hbond substituents is 1. The monoisotopic (exact) mass is 291 g/mol. The van der Waals surface area contributed by atoms with Crippen LogP contribution in [0, 0.1) is 0 Å². The summed E-state index contributed by atoms with van der Waals surface area (Å²) in [4.78, 5) is 4.50. The minimum atomic E-state index is 0.186. The van der Waals surface area contributed by atoms with E-state index in [2.05, 4.69) is 4.98 Å². The van der Waals surface area contributed by atoms with Gasteiger partial charge in [-0.05, 0) is 36.4 Å². The first-order chi connectivity index (χ1) is 9.17. The Morgan fingerprint density at radius 2 is 2.05 bits per heavy atom. The summed E-state index contributed by atoms with van der Waals surface area (Å²) in [6.45, 7) is 0. The Labute approximate surface area is 119 Å². The van der Waals surface area contributed by atoms with E-state index < -0.39 is 0 Å². The number of rotatable bonds is 2. The molecule has 2 aromatic carbocycles. The van der Waals surface area contributed by atoms with E-state index in [0.717, 1.165) is 15.2 Å². The van der Waals surface area contributed by atoms with Crippen molar-refractivity contribution >= 4 is 33.2 Å². The van der Waals surface area contributed by atoms with Crippen molar-refractivity contribution in [3.05, 3.63) is 41.4 Å². The molecular formula is C14H10ClNO2S. The van der Waals surface area contributed by atoms with Gasteiger partial charge in [-0.1, -0.05) is 11.6 Å². The Kier molecular flexibility index (Phi) is 3.05. The van der Waals surface area contributed by atoms with Gasteiger partial charge in [-0.15, -0.1) is 11.3 Å². The van der Waals surface area contributed by atoms with Crippen molar-refractivity contribution in [2.24, 2.45) is 0 Å². The Balaban J connectivity index is 2.18. The van der Waals surface area contributed by atoms with Crippen molar-refractivity contribution < 1.29 is 9.84 Å². The van der Waals surface area contributed by atoms with Crippen LogP contribution in [-0.4, -0.2) is 17.2 Å². The van der Waals surface area contributed by atoms with E-state index in [1.807, 2.05) is 12.1 Å². The van der Waals surface area contributed by atoms with Gasteiger partial charge in [-0.3, -0.25) is 0 Å². The highest BCUT2D eigenvalue weighted by atomic mass is 35.5. The lowest BCUT2D eigenvalue weighted by Gasteiger charge is -2.04. The molecule has 0 atom stereocenters. The number of nitrogens with zero attached hydrogens (tertiary/aromatic N) is 1. The largest absolute Gasteiger partial charge is 0.507 e. The topological polar surface area (TPSA) is 42.4 Å². The summed E-state index contributed by atoms with van der Waals surface area (Å²) < 4.78 is 6.16. The first-order valence-electron chi connectivity index (χ1n) is 5.61. The Morgan fingerprint density at radius 3 is 2.84 bits per heavy atom. The molecule has 1 heterocycles. The minimum absolute atomic E-state index is 0.186. The van der Waals surface area contributed by atoms with E-state index in [4.69, 9.17) is 16.3 Å². The van der Waals surface area contributed by atoms with Gasteiger partial charge in [0, 0.05) is 5.02 Å². The number of ether oxygens (including phenoxy) is 1. The second-order valence-corrected chi connectivity index (χ2v) is 5.48. The molecule has 0 aliphatic heterocycles. The van der Waals surface area contributed by atoms with Gasteiger partial charge in [0.1, 0.15) is 16.5 Å². The highest BCUT2D eigenvalue weighted by molar-refractivity contribution is 7.21. The van der Waals surface area contributed by atoms with Crippen LogP contribution in [0.3, 0.4) is 0 Å². The number of aromatic hydroxyl groups is 1. The minimum Gasteiger partial charge on any atom is -0.507 e. The number of phenols is 1. The summed E-state index contributed by atoms with van der Waals surface area (Å²) in [7, 11) is 1.59. The molecule has 1 N–H and O–H groups in total. The molecule has 1 aromatic heterocycles. The lowest BCUT2D eigenvalue weighted by atomic mass is 10.2. The second-order valence-electron chi connectivity index (χ2n) is 4.01. The molecule has 19 heavy (non-hydrogen) atoms. The maximum absolute atomic E-state index is 9.95. The fourth-order valence-corrected chi connectivity index (χ4v) is 3.09. The third-order valence-electron chi connectivity index (χ3n) is 2.78. The smallest absolute Gasteiger partial charge is 0.128 e. The number of fused-ring (bicyclic) bond motifs is 1. The first-order valence-corrected chi connectivity index (χ1v) is 6.80. The predicted octanol–water partition coefficient (Wildman–Crippen LogP) is 4.33. The van der Waals surface area contributed by atoms with Crippen LogP contribution in [0.5, 0.6) is 11.5 Å². The van der Waals surface area contributed by atoms with E-state index in [1.165, 1.54) is 11.3 Å². The van der Waals surface area contributed by atoms with E-state index in [0.29, 0.717) is 16.3 Å². The molecule has 0 aliphatic carbocycles. The van der Waals surface area contributed by atoms with Crippen LogP contribution in [0.1, 0.15) is 0 Å². The molecule has 3 aromatic rings. The number of hydrogen-bond acceptors (Lipinski definition) is 4. The third-order valence-corrected chi connectivity index (χ3v) is 4.07. The summed E-state index contributed by atoms with van der Waals surface area (Å²) in [5.74, 6) is 0.871. The summed E-state index contributed by atoms with van der Waals surface area (Å²) in [6.07, 6.45) is 0. The number of hydrogen-bond donors (Lipinski definition) is 1. The molecule has 0 saturated heterocycles. The van der Waals surface area contributed by atoms with Gasteiger partial charge in [0.15, 0.2) is 0 Å². The predicted molar refractivity (Wildman–Crippen MR) is 78.3 cm³/mol. The highest BCUT2D eigenvalue weighted by Gasteiger charge is 2.11. The summed E-state index contributed by atoms with van der Waals surface area (Å²) in [6, 6.07) is 10.6. The normalized spacial score (nSPS) is 10.8. The van der Waals surface area contributed by atoms with E-state index in [9.17, 15) is 5.11 Å². The van der Waals surface area contributed by atoms with Gasteiger partial charge < -0.3 is 9.84 Å². The quantitative estimate of drug-likeness (QED) is 0.764. The zero-order valence-electron chi connectivity index (χ0n) is 10.1. The zero-order chi connectivity index (χ0) is 13.4. The van der Waals surface area contributed by atoms with Crippen LogP contribution in [0.4, 0.5) is 0 Å². The number of thiazole rings is 1. The maximum atomic E-state index is 9.95. The first kappa shape index (κ1) is 12.3. The van der Waals surface area contributed by atoms with Crippen LogP contribution in [-0.2, 0) is 0 Å². The van der Waals surface area contributed by atoms with Crippen molar-refractivity contribution in [1.82, 2.24) is 4.98 Å². The number of halogens is 1. The molecule has 5 heteroatoms. The average Bonchev–Trinajstić information content (AvgIpc) is 2.82. The molecule has 0 aliphatic rings. The van der Waals surface area contributed by atoms with Crippen molar-refractivity contribution in [3.8, 4) is 22.1 Å². The highest BCUT2D eigenvalue weighted by Crippen LogP contribution is 2.37. The van der Waals surface area contributed by atoms with Crippen LogP contribution < -0.4 is 4.74 Å². The Hall–Kier alpha value is -1.78. The summed E-state index contributed by atoms with van der Waals surface area (Å²) >= 11 is 7.45. The molecule has 96 valence electrons. The van der Waals surface area contributed by atoms with Gasteiger partial charge in [-0.25, -0.2) is 4.98 Å². The molecule has 0 fully saturated rings. The second kappa shape index (κ2) is 4.72. The lowest BCUT2D eigenvalue weighted by molar-refractivity contribution is 0.412. The fraction of sp³-hybridized carbons (Fsp3) is 0.0714. The van der Waals surface area contributed by atoms with Crippen molar-refractivity contribution in [2.45, 2.75) is 0 Å². The lowest BCUT2D eigenvalue weighted by Crippen LogP contribution is -1.84. The molecule has 0 spiro atoms. The van der Waals surface area contributed by atoms with Gasteiger partial charge >= 0.3 is 0 Å². The fourth-order valence-electron chi connectivity index (χ4n) is 1.83. The molecule has 0 saturated carbocycles. The van der Waals surface area contributed by atoms with Gasteiger partial charge in [-0.2, -0.15) is 0 Å². The molecule has 3 nitrogen and oxygen atoms in total. The Bertz CT molecular complexity index is 754. The Morgan fingerprint density at radius 1 is 1.21 bits per heavy atom. The molecule has 3 rings (SSSR count). The van der Waals surface area contributed by atoms with Crippen molar-refractivity contribution in [3.63, 3.8) is 0 Å². The van der Waals surface area contributed by atoms with E-state index in [1.54, 1.807) is 31.4 Å². The SMILES string of the molecule is COc1ccc(O)c(-c2nc3ccc(Cl)cc3s2)c1. The molecule has 0 unspecified atom stereocenters. The van der Waals surface area contributed by atoms with Crippen molar-refractivity contribution in [1.29, 1.82) is 0 Å². The van der Waals surface area contributed by atoms with Crippen LogP contribution in [0.15, 0.2) is 36.4 Å². The molecular weight excluding hydrogens is 282 g/mol. The summed E-state index contributed by atoms with van der Waals surface area (Å²) in [5, 5.41) is 11.4. The standard InChI is InChI=1S/C14H10ClNO2S/c1-18-9-3-5-12(17)10(7-9)14-16-11-4-2-8(15)6-13(11)19-14/h2-7,17H,1H3. The van der Waals surface area contributed by atoms with E-state index >= 15 is 0 Å². The van der Waals surface area contributed by atoms with Gasteiger partial charge in [0.05, 0.1) is 22.9 Å².